The highest BCUT2D eigenvalue weighted by Gasteiger charge is 2.34. The van der Waals surface area contributed by atoms with Gasteiger partial charge in [-0.2, -0.15) is 18.4 Å². The molecule has 0 saturated carbocycles. The van der Waals surface area contributed by atoms with Crippen molar-refractivity contribution in [3.05, 3.63) is 52.5 Å². The number of alkyl halides is 3. The Balaban J connectivity index is 2.14. The van der Waals surface area contributed by atoms with Gasteiger partial charge in [0.15, 0.2) is 18.1 Å². The van der Waals surface area contributed by atoms with Crippen LogP contribution in [0, 0.1) is 11.3 Å². The summed E-state index contributed by atoms with van der Waals surface area (Å²) in [5.74, 6) is -0.403. The molecule has 5 nitrogen and oxygen atoms in total. The van der Waals surface area contributed by atoms with Crippen LogP contribution in [0.1, 0.15) is 18.1 Å². The Labute approximate surface area is 158 Å². The third-order valence-corrected chi connectivity index (χ3v) is 3.63. The van der Waals surface area contributed by atoms with Gasteiger partial charge in [-0.05, 0) is 31.2 Å². The van der Waals surface area contributed by atoms with Crippen LogP contribution in [0.4, 0.5) is 18.9 Å². The second-order valence-corrected chi connectivity index (χ2v) is 5.61. The van der Waals surface area contributed by atoms with Gasteiger partial charge in [-0.25, -0.2) is 0 Å². The lowest BCUT2D eigenvalue weighted by Crippen LogP contribution is -2.22. The number of amides is 1. The molecule has 142 valence electrons. The standard InChI is InChI=1S/C18H14ClF3N2O3/c1-2-26-15-8-11(9-23)6-7-14(15)27-10-16(25)24-17-12(18(20,21)22)4-3-5-13(17)19/h3-8H,2,10H2,1H3,(H,24,25). The van der Waals surface area contributed by atoms with Gasteiger partial charge in [0, 0.05) is 6.07 Å². The van der Waals surface area contributed by atoms with Gasteiger partial charge in [-0.1, -0.05) is 17.7 Å². The summed E-state index contributed by atoms with van der Waals surface area (Å²) >= 11 is 5.79. The number of benzene rings is 2. The second-order valence-electron chi connectivity index (χ2n) is 5.20. The highest BCUT2D eigenvalue weighted by atomic mass is 35.5. The van der Waals surface area contributed by atoms with Crippen LogP contribution in [0.5, 0.6) is 11.5 Å². The van der Waals surface area contributed by atoms with Gasteiger partial charge in [-0.15, -0.1) is 0 Å². The summed E-state index contributed by atoms with van der Waals surface area (Å²) in [5, 5.41) is 10.8. The number of nitrogens with zero attached hydrogens (tertiary/aromatic N) is 1. The van der Waals surface area contributed by atoms with Crippen molar-refractivity contribution in [3.8, 4) is 17.6 Å². The molecule has 0 atom stereocenters. The fraction of sp³-hybridized carbons (Fsp3) is 0.222. The fourth-order valence-corrected chi connectivity index (χ4v) is 2.39. The Morgan fingerprint density at radius 1 is 1.22 bits per heavy atom. The summed E-state index contributed by atoms with van der Waals surface area (Å²) in [5.41, 5.74) is -1.26. The van der Waals surface area contributed by atoms with Crippen LogP contribution in [-0.2, 0) is 11.0 Å². The van der Waals surface area contributed by atoms with Crippen LogP contribution in [0.2, 0.25) is 5.02 Å². The van der Waals surface area contributed by atoms with E-state index in [0.29, 0.717) is 12.2 Å². The van der Waals surface area contributed by atoms with Crippen molar-refractivity contribution in [2.75, 3.05) is 18.5 Å². The van der Waals surface area contributed by atoms with E-state index in [0.717, 1.165) is 12.1 Å². The minimum absolute atomic E-state index is 0.182. The molecule has 27 heavy (non-hydrogen) atoms. The van der Waals surface area contributed by atoms with Crippen molar-refractivity contribution in [3.63, 3.8) is 0 Å². The van der Waals surface area contributed by atoms with Crippen LogP contribution < -0.4 is 14.8 Å². The molecule has 0 aliphatic carbocycles. The molecule has 0 aromatic heterocycles. The number of anilines is 1. The zero-order valence-electron chi connectivity index (χ0n) is 14.1. The Morgan fingerprint density at radius 3 is 2.59 bits per heavy atom. The molecule has 0 spiro atoms. The first-order chi connectivity index (χ1) is 12.8. The van der Waals surface area contributed by atoms with E-state index in [2.05, 4.69) is 5.32 Å². The van der Waals surface area contributed by atoms with Crippen molar-refractivity contribution in [2.24, 2.45) is 0 Å². The summed E-state index contributed by atoms with van der Waals surface area (Å²) in [6.07, 6.45) is -4.68. The lowest BCUT2D eigenvalue weighted by molar-refractivity contribution is -0.137. The summed E-state index contributed by atoms with van der Waals surface area (Å²) in [7, 11) is 0. The van der Waals surface area contributed by atoms with Gasteiger partial charge >= 0.3 is 6.18 Å². The van der Waals surface area contributed by atoms with E-state index in [1.54, 1.807) is 6.92 Å². The maximum Gasteiger partial charge on any atom is 0.418 e. The highest BCUT2D eigenvalue weighted by Crippen LogP contribution is 2.38. The number of para-hydroxylation sites is 1. The maximum atomic E-state index is 13.1. The van der Waals surface area contributed by atoms with Crippen molar-refractivity contribution in [1.82, 2.24) is 0 Å². The second kappa shape index (κ2) is 8.64. The molecule has 0 fully saturated rings. The quantitative estimate of drug-likeness (QED) is 0.769. The van der Waals surface area contributed by atoms with Gasteiger partial charge in [-0.3, -0.25) is 4.79 Å². The van der Waals surface area contributed by atoms with Gasteiger partial charge < -0.3 is 14.8 Å². The molecule has 0 bridgehead atoms. The van der Waals surface area contributed by atoms with Gasteiger partial charge in [0.1, 0.15) is 0 Å². The Kier molecular flexibility index (Phi) is 6.53. The minimum atomic E-state index is -4.68. The molecule has 0 aliphatic rings. The number of nitriles is 1. The van der Waals surface area contributed by atoms with Crippen LogP contribution in [0.3, 0.4) is 0 Å². The number of carbonyl (C=O) groups is 1. The molecule has 0 saturated heterocycles. The van der Waals surface area contributed by atoms with Crippen molar-refractivity contribution in [1.29, 1.82) is 5.26 Å². The zero-order valence-corrected chi connectivity index (χ0v) is 14.8. The van der Waals surface area contributed by atoms with Gasteiger partial charge in [0.25, 0.3) is 5.91 Å². The number of nitrogens with one attached hydrogen (secondary N) is 1. The molecular formula is C18H14ClF3N2O3. The summed E-state index contributed by atoms with van der Waals surface area (Å²) in [4.78, 5) is 12.1. The number of hydrogen-bond donors (Lipinski definition) is 1. The Hall–Kier alpha value is -2.92. The summed E-state index contributed by atoms with van der Waals surface area (Å²) in [6, 6.07) is 9.47. The van der Waals surface area contributed by atoms with Crippen LogP contribution in [0.15, 0.2) is 36.4 Å². The molecule has 1 amide bonds. The van der Waals surface area contributed by atoms with Crippen molar-refractivity contribution >= 4 is 23.2 Å². The predicted molar refractivity (Wildman–Crippen MR) is 92.9 cm³/mol. The van der Waals surface area contributed by atoms with Gasteiger partial charge in [0.2, 0.25) is 0 Å². The average Bonchev–Trinajstić information content (AvgIpc) is 2.61. The molecule has 0 aliphatic heterocycles. The van der Waals surface area contributed by atoms with Crippen molar-refractivity contribution in [2.45, 2.75) is 13.1 Å². The van der Waals surface area contributed by atoms with E-state index < -0.39 is 29.9 Å². The molecule has 9 heteroatoms. The Morgan fingerprint density at radius 2 is 1.96 bits per heavy atom. The summed E-state index contributed by atoms with van der Waals surface area (Å²) < 4.78 is 49.8. The fourth-order valence-electron chi connectivity index (χ4n) is 2.17. The third kappa shape index (κ3) is 5.28. The lowest BCUT2D eigenvalue weighted by atomic mass is 10.1. The molecule has 0 radical (unpaired) electrons. The molecule has 2 aromatic carbocycles. The van der Waals surface area contributed by atoms with Crippen LogP contribution in [0.25, 0.3) is 0 Å². The largest absolute Gasteiger partial charge is 0.490 e. The van der Waals surface area contributed by atoms with Crippen LogP contribution >= 0.6 is 11.6 Å². The first kappa shape index (κ1) is 20.4. The first-order valence-electron chi connectivity index (χ1n) is 7.71. The first-order valence-corrected chi connectivity index (χ1v) is 8.09. The van der Waals surface area contributed by atoms with E-state index in [4.69, 9.17) is 26.3 Å². The maximum absolute atomic E-state index is 13.1. The number of carbonyl (C=O) groups excluding carboxylic acids is 1. The van der Waals surface area contributed by atoms with E-state index >= 15 is 0 Å². The van der Waals surface area contributed by atoms with E-state index in [9.17, 15) is 18.0 Å². The van der Waals surface area contributed by atoms with Crippen molar-refractivity contribution < 1.29 is 27.4 Å². The van der Waals surface area contributed by atoms with Crippen LogP contribution in [-0.4, -0.2) is 19.1 Å². The number of hydrogen-bond acceptors (Lipinski definition) is 4. The van der Waals surface area contributed by atoms with E-state index in [1.165, 1.54) is 24.3 Å². The summed E-state index contributed by atoms with van der Waals surface area (Å²) in [6.45, 7) is 1.45. The molecule has 2 aromatic rings. The predicted octanol–water partition coefficient (Wildman–Crippen LogP) is 4.65. The molecule has 0 heterocycles. The van der Waals surface area contributed by atoms with Gasteiger partial charge in [0.05, 0.1) is 34.5 Å². The number of ether oxygens (including phenoxy) is 2. The highest BCUT2D eigenvalue weighted by molar-refractivity contribution is 6.34. The average molecular weight is 399 g/mol. The normalized spacial score (nSPS) is 10.8. The monoisotopic (exact) mass is 398 g/mol. The number of halogens is 4. The van der Waals surface area contributed by atoms with E-state index in [-0.39, 0.29) is 16.5 Å². The molecule has 0 unspecified atom stereocenters. The molecule has 1 N–H and O–H groups in total. The lowest BCUT2D eigenvalue weighted by Gasteiger charge is -2.16. The Bertz CT molecular complexity index is 879. The zero-order chi connectivity index (χ0) is 20.0. The number of rotatable bonds is 6. The molecule has 2 rings (SSSR count). The minimum Gasteiger partial charge on any atom is -0.490 e. The smallest absolute Gasteiger partial charge is 0.418 e. The molecular weight excluding hydrogens is 385 g/mol. The third-order valence-electron chi connectivity index (χ3n) is 3.31. The SMILES string of the molecule is CCOc1cc(C#N)ccc1OCC(=O)Nc1c(Cl)cccc1C(F)(F)F. The topological polar surface area (TPSA) is 71.3 Å². The van der Waals surface area contributed by atoms with E-state index in [1.807, 2.05) is 6.07 Å².